The lowest BCUT2D eigenvalue weighted by atomic mass is 10.2. The fourth-order valence-electron chi connectivity index (χ4n) is 5.64. The Labute approximate surface area is 389 Å². The predicted octanol–water partition coefficient (Wildman–Crippen LogP) is 9.25. The molecule has 0 fully saturated rings. The van der Waals surface area contributed by atoms with Gasteiger partial charge in [-0.2, -0.15) is 40.1 Å². The van der Waals surface area contributed by atoms with Crippen LogP contribution in [0.4, 0.5) is 35.2 Å². The third-order valence-electron chi connectivity index (χ3n) is 8.75. The van der Waals surface area contributed by atoms with E-state index in [1.165, 1.54) is 34.5 Å². The molecule has 62 heavy (non-hydrogen) atoms. The van der Waals surface area contributed by atoms with E-state index in [-0.39, 0.29) is 17.8 Å². The average molecular weight is 1070 g/mol. The molecule has 0 aliphatic carbocycles. The lowest BCUT2D eigenvalue weighted by Gasteiger charge is -2.11. The molecule has 0 saturated carbocycles. The molecule has 0 atom stereocenters. The van der Waals surface area contributed by atoms with E-state index in [0.29, 0.717) is 50.1 Å². The van der Waals surface area contributed by atoms with Gasteiger partial charge in [0.15, 0.2) is 0 Å². The van der Waals surface area contributed by atoms with Crippen LogP contribution in [0.15, 0.2) is 73.3 Å². The molecule has 0 saturated heterocycles. The van der Waals surface area contributed by atoms with Crippen molar-refractivity contribution < 1.29 is 19.3 Å². The topological polar surface area (TPSA) is 220 Å². The van der Waals surface area contributed by atoms with E-state index in [2.05, 4.69) is 112 Å². The highest BCUT2D eigenvalue weighted by Crippen LogP contribution is 2.20. The third-order valence-corrected chi connectivity index (χ3v) is 10.3. The molecule has 6 heterocycles. The Hall–Kier alpha value is -5.26. The number of unbranched alkanes of at least 4 members (excludes halogenated alkanes) is 3. The van der Waals surface area contributed by atoms with Crippen LogP contribution in [0.5, 0.6) is 23.5 Å². The molecule has 6 bridgehead atoms. The van der Waals surface area contributed by atoms with Gasteiger partial charge in [-0.3, -0.25) is 9.78 Å². The lowest BCUT2D eigenvalue weighted by molar-refractivity contribution is 0.304. The zero-order valence-electron chi connectivity index (χ0n) is 35.2. The molecule has 6 N–H and O–H groups in total. The maximum absolute atomic E-state index is 9.31. The number of aromatic amines is 1. The Morgan fingerprint density at radius 2 is 1.48 bits per heavy atom. The van der Waals surface area contributed by atoms with E-state index in [1.807, 2.05) is 61.1 Å². The van der Waals surface area contributed by atoms with Crippen LogP contribution in [-0.4, -0.2) is 83.7 Å². The van der Waals surface area contributed by atoms with Gasteiger partial charge in [0.1, 0.15) is 11.5 Å². The number of fused-ring (bicyclic) bond motifs is 9. The molecule has 4 aromatic heterocycles. The van der Waals surface area contributed by atoms with E-state index in [1.54, 1.807) is 30.7 Å². The summed E-state index contributed by atoms with van der Waals surface area (Å²) in [5.41, 5.74) is 3.64. The smallest absolute Gasteiger partial charge is 0.323 e. The molecule has 2 aliphatic rings. The summed E-state index contributed by atoms with van der Waals surface area (Å²) >= 11 is 4.87. The van der Waals surface area contributed by atoms with Gasteiger partial charge in [-0.25, -0.2) is 0 Å². The van der Waals surface area contributed by atoms with Gasteiger partial charge in [0.25, 0.3) is 0 Å². The zero-order chi connectivity index (χ0) is 43.6. The number of phenols is 1. The first-order chi connectivity index (χ1) is 30.4. The van der Waals surface area contributed by atoms with Gasteiger partial charge in [-0.15, -0.1) is 0 Å². The number of nitrogens with zero attached hydrogens (tertiary/aromatic N) is 9. The highest BCUT2D eigenvalue weighted by atomic mass is 127. The molecule has 0 unspecified atom stereocenters. The largest absolute Gasteiger partial charge is 0.508 e. The number of H-pyrrole nitrogens is 1. The van der Waals surface area contributed by atoms with Crippen LogP contribution >= 0.6 is 45.2 Å². The predicted molar refractivity (Wildman–Crippen MR) is 259 cm³/mol. The van der Waals surface area contributed by atoms with Crippen LogP contribution in [0, 0.1) is 0 Å². The number of hydrogen-bond acceptors (Lipinski definition) is 16. The summed E-state index contributed by atoms with van der Waals surface area (Å²) in [5, 5.41) is 32.9. The minimum absolute atomic E-state index is 0.226. The molecule has 6 aromatic rings. The number of alkyl halides is 2. The molecule has 2 aliphatic heterocycles. The number of nitrogens with one attached hydrogen (secondary N) is 5. The Balaban J connectivity index is 0.000000203. The van der Waals surface area contributed by atoms with Crippen LogP contribution in [0.2, 0.25) is 0 Å². The molecule has 8 rings (SSSR count). The molecule has 20 heteroatoms. The van der Waals surface area contributed by atoms with E-state index in [9.17, 15) is 5.11 Å². The highest BCUT2D eigenvalue weighted by molar-refractivity contribution is 14.1. The van der Waals surface area contributed by atoms with Crippen molar-refractivity contribution in [3.05, 3.63) is 84.4 Å². The number of anilines is 6. The van der Waals surface area contributed by atoms with E-state index in [0.717, 1.165) is 67.1 Å². The fourth-order valence-corrected chi connectivity index (χ4v) is 6.72. The molecule has 0 amide bonds. The van der Waals surface area contributed by atoms with Crippen LogP contribution in [-0.2, 0) is 19.6 Å². The first kappa shape index (κ1) is 47.8. The number of ether oxygens (including phenoxy) is 3. The number of phenolic OH excluding ortho intramolecular Hbond substituents is 1. The SMILES string of the molecule is CCOc1nc(NCc2ccc(O)cc2)nc(Nc2cn[nH]c2)n1.CCOc1nc2nc(n1)Nc1cnn(c1)CCCCCCOc1ccc(cc1)CN2.ICCCCCCI. The Morgan fingerprint density at radius 1 is 0.774 bits per heavy atom. The monoisotopic (exact) mass is 1070 g/mol. The molecule has 0 spiro atoms. The summed E-state index contributed by atoms with van der Waals surface area (Å²) in [6, 6.07) is 15.5. The lowest BCUT2D eigenvalue weighted by Crippen LogP contribution is -2.09. The number of aromatic nitrogens is 10. The minimum Gasteiger partial charge on any atom is -0.508 e. The standard InChI is InChI=1S/C21H27N7O2.C15H17N7O2.C6H12I2/c1-2-29-21-26-19-22-13-16-7-9-18(10-8-16)30-12-6-4-3-5-11-28-15-17(14-23-28)24-20(25-19)27-21;1-2-24-15-21-13(16-7-10-3-5-12(23)6-4-10)20-14(22-15)19-11-8-17-18-9-11;7-5-3-1-2-4-6-8/h7-10,14-15H,2-6,11-13H2,1H3,(H2,22,24,25,26,27);3-6,8-9,23H,2,7H2,1H3,(H,17,18)(H2,16,19,20,21,22);1-6H2. The number of halogens is 2. The van der Waals surface area contributed by atoms with Crippen molar-refractivity contribution in [3.8, 4) is 23.5 Å². The second kappa shape index (κ2) is 27.6. The van der Waals surface area contributed by atoms with Gasteiger partial charge >= 0.3 is 12.0 Å². The van der Waals surface area contributed by atoms with Crippen molar-refractivity contribution in [2.24, 2.45) is 0 Å². The highest BCUT2D eigenvalue weighted by Gasteiger charge is 2.11. The molecule has 0 radical (unpaired) electrons. The second-order valence-corrected chi connectivity index (χ2v) is 15.9. The number of aryl methyl sites for hydroxylation is 1. The maximum atomic E-state index is 9.31. The normalized spacial score (nSPS) is 12.5. The first-order valence-electron chi connectivity index (χ1n) is 20.8. The van der Waals surface area contributed by atoms with Crippen molar-refractivity contribution in [2.75, 3.05) is 49.9 Å². The van der Waals surface area contributed by atoms with Gasteiger partial charge in [0, 0.05) is 32.0 Å². The molecular weight excluding hydrogens is 1020 g/mol. The van der Waals surface area contributed by atoms with Gasteiger partial charge in [-0.1, -0.05) is 88.7 Å². The summed E-state index contributed by atoms with van der Waals surface area (Å²) in [6.45, 7) is 7.37. The van der Waals surface area contributed by atoms with Crippen molar-refractivity contribution in [2.45, 2.75) is 84.8 Å². The zero-order valence-corrected chi connectivity index (χ0v) is 39.5. The number of hydrogen-bond donors (Lipinski definition) is 6. The summed E-state index contributed by atoms with van der Waals surface area (Å²) in [7, 11) is 0. The van der Waals surface area contributed by atoms with Gasteiger partial charge in [-0.05, 0) is 90.2 Å². The Kier molecular flexibility index (Phi) is 21.3. The summed E-state index contributed by atoms with van der Waals surface area (Å²) in [4.78, 5) is 25.9. The minimum atomic E-state index is 0.226. The quantitative estimate of drug-likeness (QED) is 0.0340. The van der Waals surface area contributed by atoms with Crippen LogP contribution in [0.25, 0.3) is 0 Å². The van der Waals surface area contributed by atoms with Gasteiger partial charge in [0.2, 0.25) is 23.8 Å². The van der Waals surface area contributed by atoms with E-state index in [4.69, 9.17) is 14.2 Å². The van der Waals surface area contributed by atoms with Gasteiger partial charge in [0.05, 0.1) is 43.6 Å². The average Bonchev–Trinajstić information content (AvgIpc) is 3.97. The van der Waals surface area contributed by atoms with Crippen LogP contribution in [0.1, 0.15) is 76.3 Å². The first-order valence-corrected chi connectivity index (χ1v) is 23.9. The van der Waals surface area contributed by atoms with Crippen LogP contribution < -0.4 is 35.5 Å². The van der Waals surface area contributed by atoms with Gasteiger partial charge < -0.3 is 40.6 Å². The number of benzene rings is 2. The Morgan fingerprint density at radius 3 is 2.19 bits per heavy atom. The Bertz CT molecular complexity index is 2120. The van der Waals surface area contributed by atoms with Crippen molar-refractivity contribution in [1.29, 1.82) is 0 Å². The van der Waals surface area contributed by atoms with Crippen molar-refractivity contribution >= 4 is 80.3 Å². The fraction of sp³-hybridized carbons (Fsp3) is 0.429. The van der Waals surface area contributed by atoms with E-state index < -0.39 is 0 Å². The summed E-state index contributed by atoms with van der Waals surface area (Å²) in [6.07, 6.45) is 17.1. The second-order valence-electron chi connectivity index (χ2n) is 13.7. The summed E-state index contributed by atoms with van der Waals surface area (Å²) in [5.74, 6) is 2.70. The molecular formula is C42H56I2N14O4. The van der Waals surface area contributed by atoms with Crippen molar-refractivity contribution in [1.82, 2.24) is 49.9 Å². The summed E-state index contributed by atoms with van der Waals surface area (Å²) < 4.78 is 21.3. The van der Waals surface area contributed by atoms with Crippen LogP contribution in [0.3, 0.4) is 0 Å². The molecule has 18 nitrogen and oxygen atoms in total. The molecule has 332 valence electrons. The van der Waals surface area contributed by atoms with Crippen molar-refractivity contribution in [3.63, 3.8) is 0 Å². The number of rotatable bonds is 14. The maximum Gasteiger partial charge on any atom is 0.323 e. The third kappa shape index (κ3) is 18.0. The van der Waals surface area contributed by atoms with E-state index >= 15 is 0 Å². The number of aromatic hydroxyl groups is 1. The molecule has 2 aromatic carbocycles.